The van der Waals surface area contributed by atoms with E-state index in [4.69, 9.17) is 5.53 Å². The number of hydrogen-bond acceptors (Lipinski definition) is 3. The van der Waals surface area contributed by atoms with Crippen LogP contribution < -0.4 is 5.32 Å². The number of rotatable bonds is 4. The summed E-state index contributed by atoms with van der Waals surface area (Å²) in [6.07, 6.45) is 3.32. The standard InChI is InChI=1S/C8H9N5O/c9-13-12-6-8(14)11-5-7-2-1-3-10-4-7/h1-4H,5-6H2,(H,11,14). The Morgan fingerprint density at radius 2 is 2.57 bits per heavy atom. The molecule has 72 valence electrons. The van der Waals surface area contributed by atoms with E-state index in [-0.39, 0.29) is 12.5 Å². The first-order valence-corrected chi connectivity index (χ1v) is 3.99. The average molecular weight is 191 g/mol. The van der Waals surface area contributed by atoms with E-state index in [0.717, 1.165) is 5.56 Å². The molecule has 0 bridgehead atoms. The summed E-state index contributed by atoms with van der Waals surface area (Å²) in [5.74, 6) is -0.299. The normalized spacial score (nSPS) is 8.86. The summed E-state index contributed by atoms with van der Waals surface area (Å²) >= 11 is 0. The summed E-state index contributed by atoms with van der Waals surface area (Å²) in [5, 5.41) is 5.73. The monoisotopic (exact) mass is 191 g/mol. The molecular formula is C8H9N5O. The molecule has 0 saturated carbocycles. The summed E-state index contributed by atoms with van der Waals surface area (Å²) in [6, 6.07) is 3.63. The first-order valence-electron chi connectivity index (χ1n) is 3.99. The lowest BCUT2D eigenvalue weighted by atomic mass is 10.3. The van der Waals surface area contributed by atoms with Crippen molar-refractivity contribution >= 4 is 5.91 Å². The third-order valence-corrected chi connectivity index (χ3v) is 1.49. The van der Waals surface area contributed by atoms with Gasteiger partial charge in [0.25, 0.3) is 0 Å². The van der Waals surface area contributed by atoms with E-state index in [1.807, 2.05) is 6.07 Å². The molecule has 0 saturated heterocycles. The summed E-state index contributed by atoms with van der Waals surface area (Å²) in [4.78, 5) is 17.4. The van der Waals surface area contributed by atoms with Gasteiger partial charge in [-0.2, -0.15) is 0 Å². The number of hydrogen-bond donors (Lipinski definition) is 1. The lowest BCUT2D eigenvalue weighted by molar-refractivity contribution is -0.119. The smallest absolute Gasteiger partial charge is 0.226 e. The SMILES string of the molecule is [N-]=[N+]=NCC(=O)NCc1cccnc1. The second kappa shape index (κ2) is 5.55. The van der Waals surface area contributed by atoms with E-state index in [2.05, 4.69) is 20.3 Å². The van der Waals surface area contributed by atoms with Crippen LogP contribution in [0.15, 0.2) is 29.6 Å². The minimum absolute atomic E-state index is 0.170. The van der Waals surface area contributed by atoms with Gasteiger partial charge in [-0.1, -0.05) is 11.2 Å². The molecule has 0 aliphatic carbocycles. The third kappa shape index (κ3) is 3.55. The van der Waals surface area contributed by atoms with Gasteiger partial charge in [-0.15, -0.1) is 0 Å². The Morgan fingerprint density at radius 3 is 3.21 bits per heavy atom. The van der Waals surface area contributed by atoms with Crippen LogP contribution in [0.2, 0.25) is 0 Å². The summed E-state index contributed by atoms with van der Waals surface area (Å²) < 4.78 is 0. The summed E-state index contributed by atoms with van der Waals surface area (Å²) in [7, 11) is 0. The van der Waals surface area contributed by atoms with Crippen molar-refractivity contribution in [3.63, 3.8) is 0 Å². The molecule has 0 atom stereocenters. The van der Waals surface area contributed by atoms with Crippen LogP contribution in [0.4, 0.5) is 0 Å². The van der Waals surface area contributed by atoms with E-state index in [1.54, 1.807) is 18.5 Å². The van der Waals surface area contributed by atoms with Crippen LogP contribution in [0.25, 0.3) is 10.4 Å². The zero-order valence-electron chi connectivity index (χ0n) is 7.42. The molecule has 0 aliphatic rings. The van der Waals surface area contributed by atoms with Crippen molar-refractivity contribution in [1.82, 2.24) is 10.3 Å². The Balaban J connectivity index is 2.34. The predicted molar refractivity (Wildman–Crippen MR) is 50.1 cm³/mol. The molecule has 14 heavy (non-hydrogen) atoms. The zero-order chi connectivity index (χ0) is 10.2. The minimum atomic E-state index is -0.299. The minimum Gasteiger partial charge on any atom is -0.352 e. The molecule has 0 fully saturated rings. The molecule has 0 spiro atoms. The molecule has 1 aromatic rings. The highest BCUT2D eigenvalue weighted by Gasteiger charge is 1.98. The maximum absolute atomic E-state index is 11.0. The predicted octanol–water partition coefficient (Wildman–Crippen LogP) is 1.01. The van der Waals surface area contributed by atoms with Gasteiger partial charge in [-0.25, -0.2) is 0 Å². The van der Waals surface area contributed by atoms with Gasteiger partial charge < -0.3 is 5.32 Å². The van der Waals surface area contributed by atoms with Crippen LogP contribution in [0.1, 0.15) is 5.56 Å². The lowest BCUT2D eigenvalue weighted by Gasteiger charge is -2.01. The van der Waals surface area contributed by atoms with Gasteiger partial charge in [-0.05, 0) is 17.2 Å². The number of aromatic nitrogens is 1. The van der Waals surface area contributed by atoms with E-state index in [0.29, 0.717) is 6.54 Å². The fraction of sp³-hybridized carbons (Fsp3) is 0.250. The highest BCUT2D eigenvalue weighted by molar-refractivity contribution is 5.78. The Bertz CT molecular complexity index is 344. The zero-order valence-corrected chi connectivity index (χ0v) is 7.42. The molecule has 0 radical (unpaired) electrons. The quantitative estimate of drug-likeness (QED) is 0.437. The highest BCUT2D eigenvalue weighted by Crippen LogP contribution is 1.93. The van der Waals surface area contributed by atoms with Gasteiger partial charge in [0, 0.05) is 23.9 Å². The Kier molecular flexibility index (Phi) is 3.97. The Morgan fingerprint density at radius 1 is 1.71 bits per heavy atom. The maximum Gasteiger partial charge on any atom is 0.226 e. The number of nitrogens with zero attached hydrogens (tertiary/aromatic N) is 4. The lowest BCUT2D eigenvalue weighted by Crippen LogP contribution is -2.24. The van der Waals surface area contributed by atoms with Crippen LogP contribution in [0.5, 0.6) is 0 Å². The molecule has 1 amide bonds. The van der Waals surface area contributed by atoms with Gasteiger partial charge in [0.15, 0.2) is 0 Å². The molecule has 0 aromatic carbocycles. The van der Waals surface area contributed by atoms with E-state index in [1.165, 1.54) is 0 Å². The number of carbonyl (C=O) groups excluding carboxylic acids is 1. The van der Waals surface area contributed by atoms with E-state index in [9.17, 15) is 4.79 Å². The summed E-state index contributed by atoms with van der Waals surface area (Å²) in [5.41, 5.74) is 8.87. The average Bonchev–Trinajstić information content (AvgIpc) is 2.25. The molecular weight excluding hydrogens is 182 g/mol. The van der Waals surface area contributed by atoms with Crippen LogP contribution in [0.3, 0.4) is 0 Å². The van der Waals surface area contributed by atoms with E-state index < -0.39 is 0 Å². The van der Waals surface area contributed by atoms with Crippen molar-refractivity contribution in [2.75, 3.05) is 6.54 Å². The molecule has 1 heterocycles. The second-order valence-electron chi connectivity index (χ2n) is 2.53. The Labute approximate surface area is 80.6 Å². The maximum atomic E-state index is 11.0. The van der Waals surface area contributed by atoms with Gasteiger partial charge in [0.2, 0.25) is 5.91 Å². The van der Waals surface area contributed by atoms with Crippen LogP contribution >= 0.6 is 0 Å². The number of azide groups is 1. The van der Waals surface area contributed by atoms with Crippen LogP contribution in [-0.2, 0) is 11.3 Å². The molecule has 1 aromatic heterocycles. The molecule has 0 unspecified atom stereocenters. The van der Waals surface area contributed by atoms with Crippen LogP contribution in [-0.4, -0.2) is 17.4 Å². The highest BCUT2D eigenvalue weighted by atomic mass is 16.1. The van der Waals surface area contributed by atoms with Crippen molar-refractivity contribution in [1.29, 1.82) is 0 Å². The third-order valence-electron chi connectivity index (χ3n) is 1.49. The first kappa shape index (κ1) is 10.0. The fourth-order valence-corrected chi connectivity index (χ4v) is 0.855. The molecule has 6 nitrogen and oxygen atoms in total. The number of amides is 1. The van der Waals surface area contributed by atoms with Crippen molar-refractivity contribution < 1.29 is 4.79 Å². The van der Waals surface area contributed by atoms with Crippen molar-refractivity contribution in [3.05, 3.63) is 40.5 Å². The topological polar surface area (TPSA) is 90.8 Å². The van der Waals surface area contributed by atoms with Gasteiger partial charge in [0.05, 0.1) is 0 Å². The van der Waals surface area contributed by atoms with Crippen molar-refractivity contribution in [2.24, 2.45) is 5.11 Å². The van der Waals surface area contributed by atoms with Gasteiger partial charge >= 0.3 is 0 Å². The largest absolute Gasteiger partial charge is 0.352 e. The fourth-order valence-electron chi connectivity index (χ4n) is 0.855. The Hall–Kier alpha value is -2.07. The number of pyridine rings is 1. The van der Waals surface area contributed by atoms with Gasteiger partial charge in [0.1, 0.15) is 6.54 Å². The molecule has 0 aliphatic heterocycles. The van der Waals surface area contributed by atoms with Crippen LogP contribution in [0, 0.1) is 0 Å². The molecule has 6 heteroatoms. The number of carbonyl (C=O) groups is 1. The van der Waals surface area contributed by atoms with Crippen molar-refractivity contribution in [3.8, 4) is 0 Å². The second-order valence-corrected chi connectivity index (χ2v) is 2.53. The first-order chi connectivity index (χ1) is 6.83. The van der Waals surface area contributed by atoms with Crippen molar-refractivity contribution in [2.45, 2.75) is 6.54 Å². The molecule has 1 rings (SSSR count). The van der Waals surface area contributed by atoms with Gasteiger partial charge in [-0.3, -0.25) is 9.78 Å². The number of nitrogens with one attached hydrogen (secondary N) is 1. The molecule has 1 N–H and O–H groups in total. The van der Waals surface area contributed by atoms with E-state index >= 15 is 0 Å². The summed E-state index contributed by atoms with van der Waals surface area (Å²) in [6.45, 7) is 0.227.